The number of rotatable bonds is 4. The van der Waals surface area contributed by atoms with Gasteiger partial charge in [0.2, 0.25) is 0 Å². The Hall–Kier alpha value is -2.02. The van der Waals surface area contributed by atoms with Crippen LogP contribution in [0, 0.1) is 5.41 Å². The zero-order chi connectivity index (χ0) is 14.0. The average molecular weight is 282 g/mol. The molecule has 0 unspecified atom stereocenters. The zero-order valence-electron chi connectivity index (χ0n) is 10.9. The molecule has 0 aliphatic rings. The standard InChI is InChI=1S/C12H14N2O4S/c1-16-7-4-5-8(17-2)11-10(7)14(12(13)19-11)6-9(15)18-3/h4-5,13H,6H2,1-3H3. The monoisotopic (exact) mass is 282 g/mol. The number of nitrogens with zero attached hydrogens (tertiary/aromatic N) is 1. The van der Waals surface area contributed by atoms with Crippen molar-refractivity contribution in [3.8, 4) is 11.5 Å². The number of hydrogen-bond donors (Lipinski definition) is 1. The maximum absolute atomic E-state index is 11.4. The van der Waals surface area contributed by atoms with Crippen LogP contribution in [0.5, 0.6) is 11.5 Å². The third-order valence-electron chi connectivity index (χ3n) is 2.73. The summed E-state index contributed by atoms with van der Waals surface area (Å²) >= 11 is 1.23. The average Bonchev–Trinajstić information content (AvgIpc) is 2.75. The molecule has 6 nitrogen and oxygen atoms in total. The highest BCUT2D eigenvalue weighted by atomic mass is 32.1. The number of methoxy groups -OCH3 is 3. The molecule has 2 aromatic rings. The van der Waals surface area contributed by atoms with Gasteiger partial charge in [-0.15, -0.1) is 0 Å². The van der Waals surface area contributed by atoms with E-state index in [1.165, 1.54) is 18.4 Å². The second kappa shape index (κ2) is 5.31. The van der Waals surface area contributed by atoms with Crippen LogP contribution in [-0.2, 0) is 16.1 Å². The van der Waals surface area contributed by atoms with Gasteiger partial charge in [-0.25, -0.2) is 0 Å². The molecule has 102 valence electrons. The lowest BCUT2D eigenvalue weighted by Crippen LogP contribution is -2.20. The molecule has 0 atom stereocenters. The van der Waals surface area contributed by atoms with Crippen LogP contribution in [0.25, 0.3) is 10.2 Å². The zero-order valence-corrected chi connectivity index (χ0v) is 11.7. The SMILES string of the molecule is COC(=O)Cn1c(=N)sc2c(OC)ccc(OC)c21. The number of hydrogen-bond acceptors (Lipinski definition) is 6. The third kappa shape index (κ3) is 2.28. The van der Waals surface area contributed by atoms with E-state index in [2.05, 4.69) is 4.74 Å². The van der Waals surface area contributed by atoms with E-state index in [4.69, 9.17) is 14.9 Å². The van der Waals surface area contributed by atoms with Gasteiger partial charge in [-0.3, -0.25) is 10.2 Å². The lowest BCUT2D eigenvalue weighted by Gasteiger charge is -2.09. The van der Waals surface area contributed by atoms with Crippen molar-refractivity contribution >= 4 is 27.5 Å². The number of carbonyl (C=O) groups is 1. The molecular formula is C12H14N2O4S. The molecule has 19 heavy (non-hydrogen) atoms. The van der Waals surface area contributed by atoms with E-state index in [1.54, 1.807) is 30.9 Å². The first kappa shape index (κ1) is 13.4. The lowest BCUT2D eigenvalue weighted by molar-refractivity contribution is -0.141. The number of thiazole rings is 1. The van der Waals surface area contributed by atoms with Crippen molar-refractivity contribution < 1.29 is 19.0 Å². The van der Waals surface area contributed by atoms with Crippen molar-refractivity contribution in [1.82, 2.24) is 4.57 Å². The minimum atomic E-state index is -0.414. The Balaban J connectivity index is 2.72. The predicted molar refractivity (Wildman–Crippen MR) is 70.8 cm³/mol. The Morgan fingerprint density at radius 1 is 1.26 bits per heavy atom. The first-order valence-corrected chi connectivity index (χ1v) is 6.29. The molecular weight excluding hydrogens is 268 g/mol. The first-order chi connectivity index (χ1) is 9.12. The first-order valence-electron chi connectivity index (χ1n) is 5.48. The molecule has 0 radical (unpaired) electrons. The van der Waals surface area contributed by atoms with Crippen molar-refractivity contribution in [1.29, 1.82) is 5.41 Å². The molecule has 0 bridgehead atoms. The maximum Gasteiger partial charge on any atom is 0.325 e. The van der Waals surface area contributed by atoms with Crippen molar-refractivity contribution in [2.75, 3.05) is 21.3 Å². The number of fused-ring (bicyclic) bond motifs is 1. The van der Waals surface area contributed by atoms with E-state index >= 15 is 0 Å². The molecule has 0 saturated carbocycles. The molecule has 0 aliphatic heterocycles. The molecule has 7 heteroatoms. The quantitative estimate of drug-likeness (QED) is 0.860. The highest BCUT2D eigenvalue weighted by Gasteiger charge is 2.17. The molecule has 1 aromatic heterocycles. The van der Waals surface area contributed by atoms with E-state index in [0.29, 0.717) is 17.0 Å². The second-order valence-electron chi connectivity index (χ2n) is 3.72. The molecule has 0 aliphatic carbocycles. The van der Waals surface area contributed by atoms with Crippen molar-refractivity contribution in [3.05, 3.63) is 16.9 Å². The molecule has 0 spiro atoms. The smallest absolute Gasteiger partial charge is 0.325 e. The molecule has 0 saturated heterocycles. The number of carbonyl (C=O) groups excluding carboxylic acids is 1. The van der Waals surface area contributed by atoms with Crippen LogP contribution in [0.1, 0.15) is 0 Å². The molecule has 1 N–H and O–H groups in total. The normalized spacial score (nSPS) is 10.5. The van der Waals surface area contributed by atoms with E-state index in [0.717, 1.165) is 4.70 Å². The highest BCUT2D eigenvalue weighted by molar-refractivity contribution is 7.16. The number of aromatic nitrogens is 1. The largest absolute Gasteiger partial charge is 0.495 e. The topological polar surface area (TPSA) is 73.5 Å². The van der Waals surface area contributed by atoms with Crippen molar-refractivity contribution in [2.45, 2.75) is 6.54 Å². The summed E-state index contributed by atoms with van der Waals surface area (Å²) in [5.74, 6) is 0.829. The predicted octanol–water partition coefficient (Wildman–Crippen LogP) is 1.37. The molecule has 1 heterocycles. The van der Waals surface area contributed by atoms with Gasteiger partial charge >= 0.3 is 5.97 Å². The van der Waals surface area contributed by atoms with E-state index in [-0.39, 0.29) is 11.3 Å². The minimum absolute atomic E-state index is 0.0289. The molecule has 0 amide bonds. The number of ether oxygens (including phenoxy) is 3. The van der Waals surface area contributed by atoms with Crippen LogP contribution in [0.15, 0.2) is 12.1 Å². The minimum Gasteiger partial charge on any atom is -0.495 e. The number of esters is 1. The summed E-state index contributed by atoms with van der Waals surface area (Å²) in [6.07, 6.45) is 0. The Labute approximate surface area is 113 Å². The Morgan fingerprint density at radius 2 is 1.89 bits per heavy atom. The third-order valence-corrected chi connectivity index (χ3v) is 3.74. The lowest BCUT2D eigenvalue weighted by atomic mass is 10.3. The second-order valence-corrected chi connectivity index (χ2v) is 4.72. The maximum atomic E-state index is 11.4. The summed E-state index contributed by atoms with van der Waals surface area (Å²) in [4.78, 5) is 11.7. The molecule has 1 aromatic carbocycles. The highest BCUT2D eigenvalue weighted by Crippen LogP contribution is 2.34. The van der Waals surface area contributed by atoms with Gasteiger partial charge in [0.1, 0.15) is 28.3 Å². The summed E-state index contributed by atoms with van der Waals surface area (Å²) < 4.78 is 17.5. The van der Waals surface area contributed by atoms with Crippen LogP contribution < -0.4 is 14.3 Å². The van der Waals surface area contributed by atoms with E-state index in [1.807, 2.05) is 0 Å². The van der Waals surface area contributed by atoms with Gasteiger partial charge in [-0.1, -0.05) is 11.3 Å². The van der Waals surface area contributed by atoms with Crippen molar-refractivity contribution in [3.63, 3.8) is 0 Å². The Kier molecular flexibility index (Phi) is 3.75. The summed E-state index contributed by atoms with van der Waals surface area (Å²) in [5, 5.41) is 7.97. The van der Waals surface area contributed by atoms with Gasteiger partial charge in [0.05, 0.1) is 21.3 Å². The van der Waals surface area contributed by atoms with Crippen LogP contribution in [0.4, 0.5) is 0 Å². The fraction of sp³-hybridized carbons (Fsp3) is 0.333. The van der Waals surface area contributed by atoms with Crippen LogP contribution in [-0.4, -0.2) is 31.9 Å². The summed E-state index contributed by atoms with van der Waals surface area (Å²) in [6, 6.07) is 3.53. The van der Waals surface area contributed by atoms with Gasteiger partial charge in [0.15, 0.2) is 4.80 Å². The van der Waals surface area contributed by atoms with Gasteiger partial charge in [0.25, 0.3) is 0 Å². The number of benzene rings is 1. The van der Waals surface area contributed by atoms with Crippen LogP contribution >= 0.6 is 11.3 Å². The fourth-order valence-electron chi connectivity index (χ4n) is 1.81. The van der Waals surface area contributed by atoms with Gasteiger partial charge < -0.3 is 18.8 Å². The molecule has 2 rings (SSSR count). The summed E-state index contributed by atoms with van der Waals surface area (Å²) in [6.45, 7) is -0.0289. The van der Waals surface area contributed by atoms with E-state index < -0.39 is 5.97 Å². The summed E-state index contributed by atoms with van der Waals surface area (Å²) in [5.41, 5.74) is 0.669. The van der Waals surface area contributed by atoms with Gasteiger partial charge in [0, 0.05) is 0 Å². The Bertz CT molecular complexity index is 674. The Morgan fingerprint density at radius 3 is 2.47 bits per heavy atom. The fourth-order valence-corrected chi connectivity index (χ4v) is 2.83. The van der Waals surface area contributed by atoms with Gasteiger partial charge in [-0.05, 0) is 12.1 Å². The van der Waals surface area contributed by atoms with Crippen LogP contribution in [0.3, 0.4) is 0 Å². The van der Waals surface area contributed by atoms with E-state index in [9.17, 15) is 4.79 Å². The van der Waals surface area contributed by atoms with Crippen molar-refractivity contribution in [2.24, 2.45) is 0 Å². The molecule has 0 fully saturated rings. The summed E-state index contributed by atoms with van der Waals surface area (Å²) in [7, 11) is 4.43. The number of nitrogens with one attached hydrogen (secondary N) is 1. The van der Waals surface area contributed by atoms with Crippen LogP contribution in [0.2, 0.25) is 0 Å². The van der Waals surface area contributed by atoms with Gasteiger partial charge in [-0.2, -0.15) is 0 Å².